The average Bonchev–Trinajstić information content (AvgIpc) is 2.80. The number of aromatic nitrogens is 2. The SMILES string of the molecule is CC.CC(C)C.COCCCOc1cc(OCCn2ccc(=O)c(C(=O)OC(C)(C)C)c2)c(C)nc1Cl. The monoisotopic (exact) mass is 540 g/mol. The van der Waals surface area contributed by atoms with E-state index in [1.165, 1.54) is 12.3 Å². The van der Waals surface area contributed by atoms with Crippen molar-refractivity contribution in [1.82, 2.24) is 9.55 Å². The van der Waals surface area contributed by atoms with Crippen molar-refractivity contribution < 1.29 is 23.7 Å². The quantitative estimate of drug-likeness (QED) is 0.197. The fourth-order valence-corrected chi connectivity index (χ4v) is 2.82. The first-order chi connectivity index (χ1) is 17.3. The Hall–Kier alpha value is -2.58. The minimum Gasteiger partial charge on any atom is -0.490 e. The van der Waals surface area contributed by atoms with Crippen LogP contribution in [0.15, 0.2) is 29.3 Å². The lowest BCUT2D eigenvalue weighted by Gasteiger charge is -2.19. The van der Waals surface area contributed by atoms with E-state index < -0.39 is 11.6 Å². The fraction of sp³-hybridized carbons (Fsp3) is 0.607. The van der Waals surface area contributed by atoms with Crippen LogP contribution in [-0.4, -0.2) is 48.1 Å². The van der Waals surface area contributed by atoms with Gasteiger partial charge in [-0.05, 0) is 33.6 Å². The predicted molar refractivity (Wildman–Crippen MR) is 149 cm³/mol. The molecule has 0 aliphatic rings. The van der Waals surface area contributed by atoms with Gasteiger partial charge in [-0.15, -0.1) is 0 Å². The molecule has 2 heterocycles. The second-order valence-corrected chi connectivity index (χ2v) is 9.96. The summed E-state index contributed by atoms with van der Waals surface area (Å²) >= 11 is 6.15. The Labute approximate surface area is 227 Å². The number of methoxy groups -OCH3 is 1. The molecule has 0 unspecified atom stereocenters. The van der Waals surface area contributed by atoms with Crippen molar-refractivity contribution in [3.63, 3.8) is 0 Å². The van der Waals surface area contributed by atoms with Gasteiger partial charge in [0, 0.05) is 44.7 Å². The molecule has 0 fully saturated rings. The summed E-state index contributed by atoms with van der Waals surface area (Å²) in [6.45, 7) is 19.3. The number of nitrogens with zero attached hydrogens (tertiary/aromatic N) is 2. The zero-order valence-electron chi connectivity index (χ0n) is 24.1. The summed E-state index contributed by atoms with van der Waals surface area (Å²) in [6, 6.07) is 3.04. The fourth-order valence-electron chi connectivity index (χ4n) is 2.59. The van der Waals surface area contributed by atoms with Gasteiger partial charge in [0.15, 0.2) is 16.3 Å². The summed E-state index contributed by atoms with van der Waals surface area (Å²) in [5, 5.41) is 0.268. The molecular weight excluding hydrogens is 496 g/mol. The van der Waals surface area contributed by atoms with E-state index in [0.717, 1.165) is 12.3 Å². The third-order valence-electron chi connectivity index (χ3n) is 4.04. The van der Waals surface area contributed by atoms with E-state index in [2.05, 4.69) is 25.8 Å². The molecule has 2 aromatic rings. The van der Waals surface area contributed by atoms with Gasteiger partial charge in [-0.1, -0.05) is 46.2 Å². The predicted octanol–water partition coefficient (Wildman–Crippen LogP) is 6.34. The second kappa shape index (κ2) is 17.8. The third kappa shape index (κ3) is 14.7. The van der Waals surface area contributed by atoms with E-state index in [-0.39, 0.29) is 22.8 Å². The van der Waals surface area contributed by atoms with Crippen molar-refractivity contribution in [2.75, 3.05) is 26.9 Å². The van der Waals surface area contributed by atoms with Crippen LogP contribution >= 0.6 is 11.6 Å². The molecule has 0 aliphatic heterocycles. The van der Waals surface area contributed by atoms with Crippen LogP contribution in [0.1, 0.15) is 77.9 Å². The Kier molecular flexibility index (Phi) is 16.6. The summed E-state index contributed by atoms with van der Waals surface area (Å²) in [6.07, 6.45) is 3.79. The molecule has 0 aromatic carbocycles. The molecule has 0 saturated carbocycles. The van der Waals surface area contributed by atoms with E-state index in [0.29, 0.717) is 37.0 Å². The molecule has 2 aromatic heterocycles. The van der Waals surface area contributed by atoms with E-state index in [4.69, 9.17) is 30.5 Å². The van der Waals surface area contributed by atoms with Crippen LogP contribution < -0.4 is 14.9 Å². The van der Waals surface area contributed by atoms with E-state index in [1.54, 1.807) is 51.6 Å². The molecular formula is C28H45ClN2O6. The van der Waals surface area contributed by atoms with Crippen LogP contribution in [0, 0.1) is 12.8 Å². The molecule has 0 radical (unpaired) electrons. The van der Waals surface area contributed by atoms with E-state index in [1.807, 2.05) is 13.8 Å². The molecule has 0 aliphatic carbocycles. The number of carbonyl (C=O) groups excluding carboxylic acids is 1. The number of halogens is 1. The van der Waals surface area contributed by atoms with Crippen molar-refractivity contribution in [2.24, 2.45) is 5.92 Å². The topological polar surface area (TPSA) is 88.9 Å². The number of rotatable bonds is 10. The maximum absolute atomic E-state index is 12.3. The first-order valence-electron chi connectivity index (χ1n) is 12.7. The highest BCUT2D eigenvalue weighted by molar-refractivity contribution is 6.30. The highest BCUT2D eigenvalue weighted by Crippen LogP contribution is 2.29. The second-order valence-electron chi connectivity index (χ2n) is 9.60. The molecule has 2 rings (SSSR count). The highest BCUT2D eigenvalue weighted by atomic mass is 35.5. The first-order valence-corrected chi connectivity index (χ1v) is 13.1. The van der Waals surface area contributed by atoms with E-state index in [9.17, 15) is 9.59 Å². The number of esters is 1. The number of ether oxygens (including phenoxy) is 4. The van der Waals surface area contributed by atoms with Crippen molar-refractivity contribution in [1.29, 1.82) is 0 Å². The number of hydrogen-bond acceptors (Lipinski definition) is 7. The zero-order valence-corrected chi connectivity index (χ0v) is 24.9. The Balaban J connectivity index is 0.00000196. The Bertz CT molecular complexity index is 996. The summed E-state index contributed by atoms with van der Waals surface area (Å²) in [5.41, 5.74) is -0.466. The lowest BCUT2D eigenvalue weighted by Crippen LogP contribution is -2.28. The van der Waals surface area contributed by atoms with Crippen molar-refractivity contribution >= 4 is 17.6 Å². The van der Waals surface area contributed by atoms with Crippen molar-refractivity contribution in [3.8, 4) is 11.5 Å². The first kappa shape index (κ1) is 34.4. The number of pyridine rings is 2. The summed E-state index contributed by atoms with van der Waals surface area (Å²) in [4.78, 5) is 28.6. The zero-order chi connectivity index (χ0) is 28.6. The van der Waals surface area contributed by atoms with Crippen LogP contribution in [0.2, 0.25) is 5.15 Å². The summed E-state index contributed by atoms with van der Waals surface area (Å²) in [5.74, 6) is 1.16. The summed E-state index contributed by atoms with van der Waals surface area (Å²) < 4.78 is 23.5. The molecule has 9 heteroatoms. The Morgan fingerprint density at radius 1 is 1.08 bits per heavy atom. The van der Waals surface area contributed by atoms with Crippen molar-refractivity contribution in [3.05, 3.63) is 51.2 Å². The largest absolute Gasteiger partial charge is 0.490 e. The molecule has 0 atom stereocenters. The molecule has 8 nitrogen and oxygen atoms in total. The maximum Gasteiger partial charge on any atom is 0.344 e. The molecule has 0 spiro atoms. The van der Waals surface area contributed by atoms with Gasteiger partial charge in [-0.3, -0.25) is 4.79 Å². The van der Waals surface area contributed by atoms with Crippen LogP contribution in [0.5, 0.6) is 11.5 Å². The van der Waals surface area contributed by atoms with Crippen LogP contribution in [0.4, 0.5) is 0 Å². The smallest absolute Gasteiger partial charge is 0.344 e. The minimum atomic E-state index is -0.685. The van der Waals surface area contributed by atoms with Gasteiger partial charge in [-0.2, -0.15) is 0 Å². The normalized spacial score (nSPS) is 10.6. The number of hydrogen-bond donors (Lipinski definition) is 0. The lowest BCUT2D eigenvalue weighted by atomic mass is 10.2. The van der Waals surface area contributed by atoms with Crippen molar-refractivity contribution in [2.45, 2.75) is 80.9 Å². The van der Waals surface area contributed by atoms with E-state index >= 15 is 0 Å². The molecule has 0 saturated heterocycles. The lowest BCUT2D eigenvalue weighted by molar-refractivity contribution is 0.00669. The van der Waals surface area contributed by atoms with Gasteiger partial charge >= 0.3 is 5.97 Å². The van der Waals surface area contributed by atoms with Gasteiger partial charge in [0.05, 0.1) is 18.8 Å². The molecule has 0 N–H and O–H groups in total. The van der Waals surface area contributed by atoms with Crippen LogP contribution in [-0.2, 0) is 16.0 Å². The number of carbonyl (C=O) groups is 1. The van der Waals surface area contributed by atoms with Gasteiger partial charge < -0.3 is 23.5 Å². The summed E-state index contributed by atoms with van der Waals surface area (Å²) in [7, 11) is 1.63. The third-order valence-corrected chi connectivity index (χ3v) is 4.31. The Morgan fingerprint density at radius 2 is 1.68 bits per heavy atom. The maximum atomic E-state index is 12.3. The highest BCUT2D eigenvalue weighted by Gasteiger charge is 2.20. The minimum absolute atomic E-state index is 0.0199. The average molecular weight is 541 g/mol. The van der Waals surface area contributed by atoms with Gasteiger partial charge in [0.2, 0.25) is 0 Å². The molecule has 210 valence electrons. The van der Waals surface area contributed by atoms with Gasteiger partial charge in [0.1, 0.15) is 23.5 Å². The van der Waals surface area contributed by atoms with Crippen LogP contribution in [0.3, 0.4) is 0 Å². The van der Waals surface area contributed by atoms with Gasteiger partial charge in [-0.25, -0.2) is 9.78 Å². The van der Waals surface area contributed by atoms with Gasteiger partial charge in [0.25, 0.3) is 0 Å². The molecule has 0 bridgehead atoms. The molecule has 0 amide bonds. The molecule has 37 heavy (non-hydrogen) atoms. The standard InChI is InChI=1S/C22H29ClN2O6.C4H10.C2H6/c1-15-18(13-19(20(23)24-15)29-11-6-10-28-5)30-12-9-25-8-7-17(26)16(14-25)21(27)31-22(2,3)4;1-4(2)3;1-2/h7-8,13-14H,6,9-12H2,1-5H3;4H,1-3H3;1-2H3. The Morgan fingerprint density at radius 3 is 2.24 bits per heavy atom. The number of aryl methyl sites for hydroxylation is 1. The van der Waals surface area contributed by atoms with Crippen LogP contribution in [0.25, 0.3) is 0 Å².